The lowest BCUT2D eigenvalue weighted by Gasteiger charge is -2.11. The second-order valence-electron chi connectivity index (χ2n) is 5.38. The van der Waals surface area contributed by atoms with E-state index in [9.17, 15) is 18.0 Å². The quantitative estimate of drug-likeness (QED) is 0.650. The zero-order valence-corrected chi connectivity index (χ0v) is 13.2. The predicted molar refractivity (Wildman–Crippen MR) is 80.9 cm³/mol. The molecule has 1 aliphatic rings. The van der Waals surface area contributed by atoms with Gasteiger partial charge in [0.25, 0.3) is 0 Å². The van der Waals surface area contributed by atoms with Gasteiger partial charge in [-0.2, -0.15) is 18.3 Å². The largest absolute Gasteiger partial charge is 0.465 e. The van der Waals surface area contributed by atoms with Crippen molar-refractivity contribution in [3.8, 4) is 22.8 Å². The van der Waals surface area contributed by atoms with Crippen LogP contribution in [0.2, 0.25) is 0 Å². The lowest BCUT2D eigenvalue weighted by molar-refractivity contribution is -0.142. The Bertz CT molecular complexity index is 1030. The number of methoxy groups -OCH3 is 1. The molecule has 0 saturated carbocycles. The van der Waals surface area contributed by atoms with Crippen LogP contribution in [0.15, 0.2) is 30.5 Å². The molecule has 0 atom stereocenters. The van der Waals surface area contributed by atoms with Crippen molar-refractivity contribution >= 4 is 11.6 Å². The van der Waals surface area contributed by atoms with Crippen molar-refractivity contribution in [2.75, 3.05) is 13.9 Å². The third-order valence-corrected chi connectivity index (χ3v) is 3.84. The number of aromatic nitrogens is 3. The number of carbonyl (C=O) groups excluding carboxylic acids is 1. The van der Waals surface area contributed by atoms with Gasteiger partial charge in [0.2, 0.25) is 6.79 Å². The Labute approximate surface area is 143 Å². The molecule has 4 rings (SSSR count). The molecule has 0 spiro atoms. The minimum atomic E-state index is -4.70. The monoisotopic (exact) mass is 365 g/mol. The van der Waals surface area contributed by atoms with Gasteiger partial charge in [-0.3, -0.25) is 0 Å². The number of ether oxygens (including phenoxy) is 3. The molecule has 0 unspecified atom stereocenters. The van der Waals surface area contributed by atoms with Crippen LogP contribution < -0.4 is 9.47 Å². The molecule has 3 aromatic rings. The van der Waals surface area contributed by atoms with E-state index in [1.54, 1.807) is 12.1 Å². The van der Waals surface area contributed by atoms with Crippen LogP contribution in [0.5, 0.6) is 11.5 Å². The fourth-order valence-electron chi connectivity index (χ4n) is 2.62. The summed E-state index contributed by atoms with van der Waals surface area (Å²) in [5.41, 5.74) is -1.10. The number of carbonyl (C=O) groups is 1. The minimum absolute atomic E-state index is 0.00813. The first kappa shape index (κ1) is 16.2. The van der Waals surface area contributed by atoms with Crippen LogP contribution in [0.4, 0.5) is 13.2 Å². The first-order valence-electron chi connectivity index (χ1n) is 7.33. The van der Waals surface area contributed by atoms with Crippen LogP contribution in [-0.2, 0) is 10.9 Å². The van der Waals surface area contributed by atoms with Gasteiger partial charge in [-0.15, -0.1) is 0 Å². The molecule has 0 aliphatic carbocycles. The summed E-state index contributed by atoms with van der Waals surface area (Å²) in [6.07, 6.45) is -3.71. The summed E-state index contributed by atoms with van der Waals surface area (Å²) >= 11 is 0. The van der Waals surface area contributed by atoms with Gasteiger partial charge in [0.1, 0.15) is 5.56 Å². The van der Waals surface area contributed by atoms with E-state index in [4.69, 9.17) is 9.47 Å². The van der Waals surface area contributed by atoms with E-state index < -0.39 is 17.8 Å². The molecule has 0 N–H and O–H groups in total. The van der Waals surface area contributed by atoms with Crippen molar-refractivity contribution < 1.29 is 32.2 Å². The minimum Gasteiger partial charge on any atom is -0.465 e. The highest BCUT2D eigenvalue weighted by Gasteiger charge is 2.36. The van der Waals surface area contributed by atoms with Gasteiger partial charge in [0, 0.05) is 5.56 Å². The molecular formula is C16H10F3N3O4. The fourth-order valence-corrected chi connectivity index (χ4v) is 2.62. The van der Waals surface area contributed by atoms with E-state index in [0.29, 0.717) is 21.6 Å². The Kier molecular flexibility index (Phi) is 3.49. The van der Waals surface area contributed by atoms with Gasteiger partial charge in [-0.1, -0.05) is 0 Å². The number of nitrogens with zero attached hydrogens (tertiary/aromatic N) is 3. The van der Waals surface area contributed by atoms with E-state index in [0.717, 1.165) is 19.4 Å². The molecule has 1 aromatic carbocycles. The summed E-state index contributed by atoms with van der Waals surface area (Å²) < 4.78 is 56.0. The lowest BCUT2D eigenvalue weighted by atomic mass is 10.1. The second-order valence-corrected chi connectivity index (χ2v) is 5.38. The Hall–Kier alpha value is -3.30. The normalized spacial score (nSPS) is 13.2. The van der Waals surface area contributed by atoms with E-state index in [-0.39, 0.29) is 23.7 Å². The van der Waals surface area contributed by atoms with Crippen molar-refractivity contribution in [3.05, 3.63) is 41.7 Å². The molecule has 134 valence electrons. The molecule has 26 heavy (non-hydrogen) atoms. The number of esters is 1. The highest BCUT2D eigenvalue weighted by molar-refractivity contribution is 5.95. The number of hydrogen-bond donors (Lipinski definition) is 0. The highest BCUT2D eigenvalue weighted by Crippen LogP contribution is 2.37. The Morgan fingerprint density at radius 3 is 2.73 bits per heavy atom. The molecular weight excluding hydrogens is 355 g/mol. The lowest BCUT2D eigenvalue weighted by Crippen LogP contribution is -2.14. The summed E-state index contributed by atoms with van der Waals surface area (Å²) in [5, 5.41) is 3.64. The van der Waals surface area contributed by atoms with Gasteiger partial charge in [-0.05, 0) is 24.3 Å². The van der Waals surface area contributed by atoms with Crippen LogP contribution in [0, 0.1) is 0 Å². The SMILES string of the molecule is COC(=O)c1cnn2c(C(F)(F)F)cc(-c3ccc4c(c3)OCO4)nc12. The van der Waals surface area contributed by atoms with Gasteiger partial charge < -0.3 is 14.2 Å². The van der Waals surface area contributed by atoms with Gasteiger partial charge >= 0.3 is 12.1 Å². The molecule has 7 nitrogen and oxygen atoms in total. The number of halogens is 3. The van der Waals surface area contributed by atoms with Gasteiger partial charge in [0.05, 0.1) is 19.0 Å². The fraction of sp³-hybridized carbons (Fsp3) is 0.188. The second kappa shape index (κ2) is 5.61. The average Bonchev–Trinajstić information content (AvgIpc) is 3.25. The molecule has 3 heterocycles. The molecule has 0 fully saturated rings. The maximum Gasteiger partial charge on any atom is 0.433 e. The molecule has 0 radical (unpaired) electrons. The first-order chi connectivity index (χ1) is 12.4. The van der Waals surface area contributed by atoms with Crippen molar-refractivity contribution in [1.29, 1.82) is 0 Å². The number of hydrogen-bond acceptors (Lipinski definition) is 6. The summed E-state index contributed by atoms with van der Waals surface area (Å²) in [6.45, 7) is 0.0359. The van der Waals surface area contributed by atoms with Crippen LogP contribution in [0.3, 0.4) is 0 Å². The van der Waals surface area contributed by atoms with E-state index >= 15 is 0 Å². The Morgan fingerprint density at radius 1 is 1.23 bits per heavy atom. The third kappa shape index (κ3) is 2.50. The molecule has 2 aromatic heterocycles. The van der Waals surface area contributed by atoms with Crippen LogP contribution >= 0.6 is 0 Å². The first-order valence-corrected chi connectivity index (χ1v) is 7.33. The molecule has 0 bridgehead atoms. The summed E-state index contributed by atoms with van der Waals surface area (Å²) in [4.78, 5) is 16.0. The number of rotatable bonds is 2. The number of fused-ring (bicyclic) bond motifs is 2. The zero-order chi connectivity index (χ0) is 18.5. The molecule has 0 amide bonds. The summed E-state index contributed by atoms with van der Waals surface area (Å²) in [7, 11) is 1.12. The standard InChI is InChI=1S/C16H10F3N3O4/c1-24-15(23)9-6-20-22-13(16(17,18)19)5-10(21-14(9)22)8-2-3-11-12(4-8)26-7-25-11/h2-6H,7H2,1H3. The maximum absolute atomic E-state index is 13.5. The molecule has 10 heteroatoms. The topological polar surface area (TPSA) is 75.0 Å². The van der Waals surface area contributed by atoms with Crippen molar-refractivity contribution in [2.24, 2.45) is 0 Å². The number of alkyl halides is 3. The highest BCUT2D eigenvalue weighted by atomic mass is 19.4. The third-order valence-electron chi connectivity index (χ3n) is 3.84. The van der Waals surface area contributed by atoms with Crippen molar-refractivity contribution in [1.82, 2.24) is 14.6 Å². The van der Waals surface area contributed by atoms with Crippen molar-refractivity contribution in [3.63, 3.8) is 0 Å². The van der Waals surface area contributed by atoms with Crippen LogP contribution in [0.25, 0.3) is 16.9 Å². The van der Waals surface area contributed by atoms with Crippen molar-refractivity contribution in [2.45, 2.75) is 6.18 Å². The molecule has 1 aliphatic heterocycles. The van der Waals surface area contributed by atoms with E-state index in [1.807, 2.05) is 0 Å². The molecule has 0 saturated heterocycles. The average molecular weight is 365 g/mol. The van der Waals surface area contributed by atoms with Crippen LogP contribution in [0.1, 0.15) is 16.1 Å². The van der Waals surface area contributed by atoms with Gasteiger partial charge in [0.15, 0.2) is 22.8 Å². The van der Waals surface area contributed by atoms with E-state index in [1.165, 1.54) is 6.07 Å². The number of benzene rings is 1. The van der Waals surface area contributed by atoms with Crippen LogP contribution in [-0.4, -0.2) is 34.5 Å². The maximum atomic E-state index is 13.5. The van der Waals surface area contributed by atoms with Gasteiger partial charge in [-0.25, -0.2) is 14.3 Å². The Balaban J connectivity index is 1.96. The zero-order valence-electron chi connectivity index (χ0n) is 13.2. The predicted octanol–water partition coefficient (Wildman–Crippen LogP) is 2.93. The summed E-state index contributed by atoms with van der Waals surface area (Å²) in [6, 6.07) is 5.52. The smallest absolute Gasteiger partial charge is 0.433 e. The van der Waals surface area contributed by atoms with E-state index in [2.05, 4.69) is 14.8 Å². The Morgan fingerprint density at radius 2 is 2.00 bits per heavy atom. The summed E-state index contributed by atoms with van der Waals surface area (Å²) in [5.74, 6) is 0.0633.